The second-order valence-electron chi connectivity index (χ2n) is 4.44. The molecule has 0 aromatic rings. The molecule has 0 saturated heterocycles. The summed E-state index contributed by atoms with van der Waals surface area (Å²) in [6.45, 7) is 3.70. The van der Waals surface area contributed by atoms with Crippen LogP contribution in [-0.4, -0.2) is 67.8 Å². The van der Waals surface area contributed by atoms with Gasteiger partial charge < -0.3 is 20.2 Å². The maximum atomic E-state index is 11.7. The molecule has 0 fully saturated rings. The molecule has 2 amide bonds. The van der Waals surface area contributed by atoms with E-state index in [1.165, 1.54) is 0 Å². The Balaban J connectivity index is 3.77. The number of carbonyl (C=O) groups excluding carboxylic acids is 1. The van der Waals surface area contributed by atoms with Crippen LogP contribution in [0.3, 0.4) is 0 Å². The SMILES string of the molecule is CC(CCCO)NC(=O)N(C)CCN(C)C. The average Bonchev–Trinajstić information content (AvgIpc) is 2.22. The van der Waals surface area contributed by atoms with Crippen molar-refractivity contribution in [2.75, 3.05) is 40.8 Å². The Morgan fingerprint density at radius 3 is 2.44 bits per heavy atom. The van der Waals surface area contributed by atoms with Crippen molar-refractivity contribution < 1.29 is 9.90 Å². The van der Waals surface area contributed by atoms with Gasteiger partial charge in [0.05, 0.1) is 0 Å². The molecule has 5 heteroatoms. The van der Waals surface area contributed by atoms with Gasteiger partial charge in [0.1, 0.15) is 0 Å². The van der Waals surface area contributed by atoms with Crippen molar-refractivity contribution in [3.63, 3.8) is 0 Å². The van der Waals surface area contributed by atoms with E-state index >= 15 is 0 Å². The van der Waals surface area contributed by atoms with E-state index in [1.54, 1.807) is 11.9 Å². The van der Waals surface area contributed by atoms with E-state index in [1.807, 2.05) is 25.9 Å². The van der Waals surface area contributed by atoms with E-state index in [0.717, 1.165) is 19.4 Å². The van der Waals surface area contributed by atoms with Crippen LogP contribution >= 0.6 is 0 Å². The van der Waals surface area contributed by atoms with Crippen molar-refractivity contribution in [1.82, 2.24) is 15.1 Å². The van der Waals surface area contributed by atoms with Gasteiger partial charge in [-0.2, -0.15) is 0 Å². The van der Waals surface area contributed by atoms with Gasteiger partial charge in [-0.25, -0.2) is 4.79 Å². The number of urea groups is 1. The zero-order chi connectivity index (χ0) is 12.6. The monoisotopic (exact) mass is 231 g/mol. The fraction of sp³-hybridized carbons (Fsp3) is 0.909. The van der Waals surface area contributed by atoms with E-state index in [9.17, 15) is 4.79 Å². The third-order valence-corrected chi connectivity index (χ3v) is 2.39. The number of hydrogen-bond donors (Lipinski definition) is 2. The summed E-state index contributed by atoms with van der Waals surface area (Å²) < 4.78 is 0. The summed E-state index contributed by atoms with van der Waals surface area (Å²) in [5.74, 6) is 0. The van der Waals surface area contributed by atoms with Crippen LogP contribution in [-0.2, 0) is 0 Å². The second-order valence-corrected chi connectivity index (χ2v) is 4.44. The number of aliphatic hydroxyl groups is 1. The molecule has 0 bridgehead atoms. The van der Waals surface area contributed by atoms with Gasteiger partial charge in [-0.3, -0.25) is 0 Å². The number of nitrogens with zero attached hydrogens (tertiary/aromatic N) is 2. The Morgan fingerprint density at radius 1 is 1.31 bits per heavy atom. The normalized spacial score (nSPS) is 12.6. The highest BCUT2D eigenvalue weighted by molar-refractivity contribution is 5.74. The molecule has 0 saturated carbocycles. The highest BCUT2D eigenvalue weighted by atomic mass is 16.3. The zero-order valence-electron chi connectivity index (χ0n) is 10.9. The quantitative estimate of drug-likeness (QED) is 0.665. The predicted octanol–water partition coefficient (Wildman–Crippen LogP) is 0.350. The topological polar surface area (TPSA) is 55.8 Å². The molecule has 0 spiro atoms. The molecule has 2 N–H and O–H groups in total. The van der Waals surface area contributed by atoms with Crippen LogP contribution < -0.4 is 5.32 Å². The van der Waals surface area contributed by atoms with Gasteiger partial charge in [0.15, 0.2) is 0 Å². The molecular formula is C11H25N3O2. The Morgan fingerprint density at radius 2 is 1.94 bits per heavy atom. The molecule has 0 aromatic carbocycles. The van der Waals surface area contributed by atoms with Crippen molar-refractivity contribution in [2.45, 2.75) is 25.8 Å². The van der Waals surface area contributed by atoms with Crippen LogP contribution in [0, 0.1) is 0 Å². The smallest absolute Gasteiger partial charge is 0.317 e. The van der Waals surface area contributed by atoms with E-state index < -0.39 is 0 Å². The summed E-state index contributed by atoms with van der Waals surface area (Å²) in [5, 5.41) is 11.6. The fourth-order valence-electron chi connectivity index (χ4n) is 1.24. The largest absolute Gasteiger partial charge is 0.396 e. The molecule has 1 atom stereocenters. The molecule has 0 aliphatic carbocycles. The fourth-order valence-corrected chi connectivity index (χ4v) is 1.24. The molecule has 5 nitrogen and oxygen atoms in total. The number of rotatable bonds is 7. The molecule has 96 valence electrons. The van der Waals surface area contributed by atoms with E-state index in [2.05, 4.69) is 5.32 Å². The van der Waals surface area contributed by atoms with E-state index in [4.69, 9.17) is 5.11 Å². The molecule has 0 rings (SSSR count). The second kappa shape index (κ2) is 8.35. The number of aliphatic hydroxyl groups excluding tert-OH is 1. The highest BCUT2D eigenvalue weighted by Gasteiger charge is 2.11. The summed E-state index contributed by atoms with van der Waals surface area (Å²) >= 11 is 0. The first-order valence-electron chi connectivity index (χ1n) is 5.74. The minimum Gasteiger partial charge on any atom is -0.396 e. The minimum absolute atomic E-state index is 0.0488. The molecule has 0 aromatic heterocycles. The molecule has 0 aliphatic heterocycles. The first kappa shape index (κ1) is 15.2. The number of carbonyl (C=O) groups is 1. The van der Waals surface area contributed by atoms with Gasteiger partial charge in [0, 0.05) is 32.8 Å². The molecule has 0 aliphatic rings. The molecule has 0 heterocycles. The van der Waals surface area contributed by atoms with E-state index in [-0.39, 0.29) is 18.7 Å². The summed E-state index contributed by atoms with van der Waals surface area (Å²) in [5.41, 5.74) is 0. The summed E-state index contributed by atoms with van der Waals surface area (Å²) in [6.07, 6.45) is 1.53. The summed E-state index contributed by atoms with van der Waals surface area (Å²) in [6, 6.07) is 0.0637. The van der Waals surface area contributed by atoms with Crippen molar-refractivity contribution >= 4 is 6.03 Å². The number of likely N-dealkylation sites (N-methyl/N-ethyl adjacent to an activating group) is 2. The van der Waals surface area contributed by atoms with Crippen molar-refractivity contribution in [1.29, 1.82) is 0 Å². The first-order valence-corrected chi connectivity index (χ1v) is 5.74. The highest BCUT2D eigenvalue weighted by Crippen LogP contribution is 1.96. The van der Waals surface area contributed by atoms with Gasteiger partial charge >= 0.3 is 6.03 Å². The van der Waals surface area contributed by atoms with Crippen LogP contribution in [0.2, 0.25) is 0 Å². The molecule has 16 heavy (non-hydrogen) atoms. The molecule has 0 radical (unpaired) electrons. The number of nitrogens with one attached hydrogen (secondary N) is 1. The van der Waals surface area contributed by atoms with Gasteiger partial charge in [-0.05, 0) is 33.9 Å². The van der Waals surface area contributed by atoms with Crippen molar-refractivity contribution in [3.05, 3.63) is 0 Å². The van der Waals surface area contributed by atoms with Crippen LogP contribution in [0.4, 0.5) is 4.79 Å². The van der Waals surface area contributed by atoms with Gasteiger partial charge in [-0.1, -0.05) is 0 Å². The van der Waals surface area contributed by atoms with Crippen LogP contribution in [0.15, 0.2) is 0 Å². The maximum Gasteiger partial charge on any atom is 0.317 e. The standard InChI is InChI=1S/C11H25N3O2/c1-10(6-5-9-15)12-11(16)14(4)8-7-13(2)3/h10,15H,5-9H2,1-4H3,(H,12,16). The Kier molecular flexibility index (Phi) is 7.93. The molecular weight excluding hydrogens is 206 g/mol. The Bertz CT molecular complexity index is 198. The van der Waals surface area contributed by atoms with Gasteiger partial charge in [0.25, 0.3) is 0 Å². The average molecular weight is 231 g/mol. The summed E-state index contributed by atoms with van der Waals surface area (Å²) in [4.78, 5) is 15.4. The van der Waals surface area contributed by atoms with Gasteiger partial charge in [0.2, 0.25) is 0 Å². The zero-order valence-corrected chi connectivity index (χ0v) is 10.9. The Labute approximate surface area is 98.4 Å². The van der Waals surface area contributed by atoms with E-state index in [0.29, 0.717) is 6.54 Å². The minimum atomic E-state index is -0.0488. The molecule has 1 unspecified atom stereocenters. The maximum absolute atomic E-state index is 11.7. The lowest BCUT2D eigenvalue weighted by atomic mass is 10.2. The first-order chi connectivity index (χ1) is 7.47. The lowest BCUT2D eigenvalue weighted by molar-refractivity contribution is 0.198. The van der Waals surface area contributed by atoms with Crippen LogP contribution in [0.5, 0.6) is 0 Å². The lowest BCUT2D eigenvalue weighted by Gasteiger charge is -2.22. The number of amides is 2. The number of hydrogen-bond acceptors (Lipinski definition) is 3. The predicted molar refractivity (Wildman–Crippen MR) is 65.5 cm³/mol. The third-order valence-electron chi connectivity index (χ3n) is 2.39. The Hall–Kier alpha value is -0.810. The van der Waals surface area contributed by atoms with Crippen LogP contribution in [0.25, 0.3) is 0 Å². The summed E-state index contributed by atoms with van der Waals surface area (Å²) in [7, 11) is 5.75. The van der Waals surface area contributed by atoms with Crippen molar-refractivity contribution in [2.24, 2.45) is 0 Å². The van der Waals surface area contributed by atoms with Crippen LogP contribution in [0.1, 0.15) is 19.8 Å². The third kappa shape index (κ3) is 7.48. The lowest BCUT2D eigenvalue weighted by Crippen LogP contribution is -2.44. The van der Waals surface area contributed by atoms with Gasteiger partial charge in [-0.15, -0.1) is 0 Å². The van der Waals surface area contributed by atoms with Crippen molar-refractivity contribution in [3.8, 4) is 0 Å².